The number of hydrogen-bond donors (Lipinski definition) is 0. The molecule has 0 unspecified atom stereocenters. The summed E-state index contributed by atoms with van der Waals surface area (Å²) in [7, 11) is 0. The van der Waals surface area contributed by atoms with Crippen molar-refractivity contribution in [3.63, 3.8) is 0 Å². The minimum Gasteiger partial charge on any atom is -0.0622 e. The second kappa shape index (κ2) is 4.38. The highest BCUT2D eigenvalue weighted by atomic mass is 14.3. The van der Waals surface area contributed by atoms with Gasteiger partial charge in [-0.05, 0) is 29.2 Å². The van der Waals surface area contributed by atoms with E-state index in [2.05, 4.69) is 71.4 Å². The predicted molar refractivity (Wildman–Crippen MR) is 67.8 cm³/mol. The molecule has 0 saturated heterocycles. The third-order valence-electron chi connectivity index (χ3n) is 2.74. The second-order valence-electron chi connectivity index (χ2n) is 6.06. The minimum absolute atomic E-state index is 0.175. The highest BCUT2D eigenvalue weighted by Crippen LogP contribution is 2.32. The lowest BCUT2D eigenvalue weighted by molar-refractivity contribution is 0.378. The van der Waals surface area contributed by atoms with E-state index in [-0.39, 0.29) is 5.41 Å². The van der Waals surface area contributed by atoms with Crippen LogP contribution in [0.5, 0.6) is 0 Å². The van der Waals surface area contributed by atoms with Gasteiger partial charge in [-0.1, -0.05) is 65.0 Å². The van der Waals surface area contributed by atoms with Gasteiger partial charge in [-0.15, -0.1) is 0 Å². The Balaban J connectivity index is 2.68. The average Bonchev–Trinajstić information content (AvgIpc) is 2.16. The van der Waals surface area contributed by atoms with E-state index in [1.807, 2.05) is 0 Å². The molecule has 0 heteroatoms. The SMILES string of the molecule is CC(C)(C)C[CH]C(C)(C)c1ccccc1. The largest absolute Gasteiger partial charge is 0.0622 e. The molecule has 0 N–H and O–H groups in total. The van der Waals surface area contributed by atoms with Gasteiger partial charge in [0, 0.05) is 0 Å². The van der Waals surface area contributed by atoms with Crippen molar-refractivity contribution in [2.75, 3.05) is 0 Å². The zero-order valence-corrected chi connectivity index (χ0v) is 10.7. The van der Waals surface area contributed by atoms with E-state index in [1.54, 1.807) is 0 Å². The monoisotopic (exact) mass is 203 g/mol. The van der Waals surface area contributed by atoms with Crippen molar-refractivity contribution in [1.82, 2.24) is 0 Å². The summed E-state index contributed by atoms with van der Waals surface area (Å²) in [6.45, 7) is 11.4. The van der Waals surface area contributed by atoms with E-state index >= 15 is 0 Å². The van der Waals surface area contributed by atoms with Crippen molar-refractivity contribution in [3.8, 4) is 0 Å². The van der Waals surface area contributed by atoms with Gasteiger partial charge in [0.05, 0.1) is 0 Å². The van der Waals surface area contributed by atoms with E-state index in [9.17, 15) is 0 Å². The number of hydrogen-bond acceptors (Lipinski definition) is 0. The fourth-order valence-corrected chi connectivity index (χ4v) is 1.55. The first-order chi connectivity index (χ1) is 6.81. The molecule has 1 radical (unpaired) electrons. The fourth-order valence-electron chi connectivity index (χ4n) is 1.55. The maximum Gasteiger partial charge on any atom is -0.00722 e. The Kier molecular flexibility index (Phi) is 3.59. The molecule has 0 amide bonds. The summed E-state index contributed by atoms with van der Waals surface area (Å²) in [6, 6.07) is 10.7. The smallest absolute Gasteiger partial charge is 0.00722 e. The molecule has 0 nitrogen and oxygen atoms in total. The molecule has 1 aromatic carbocycles. The Bertz CT molecular complexity index is 288. The van der Waals surface area contributed by atoms with Crippen LogP contribution in [-0.4, -0.2) is 0 Å². The Morgan fingerprint density at radius 2 is 1.47 bits per heavy atom. The van der Waals surface area contributed by atoms with Gasteiger partial charge in [-0.25, -0.2) is 0 Å². The summed E-state index contributed by atoms with van der Waals surface area (Å²) in [4.78, 5) is 0. The molecule has 0 aromatic heterocycles. The quantitative estimate of drug-likeness (QED) is 0.673. The van der Waals surface area contributed by atoms with Crippen LogP contribution in [0.4, 0.5) is 0 Å². The van der Waals surface area contributed by atoms with Crippen molar-refractivity contribution in [3.05, 3.63) is 42.3 Å². The normalized spacial score (nSPS) is 12.9. The second-order valence-corrected chi connectivity index (χ2v) is 6.06. The van der Waals surface area contributed by atoms with Crippen molar-refractivity contribution < 1.29 is 0 Å². The summed E-state index contributed by atoms with van der Waals surface area (Å²) < 4.78 is 0. The molecular formula is C15H23. The van der Waals surface area contributed by atoms with Crippen LogP contribution in [0.3, 0.4) is 0 Å². The van der Waals surface area contributed by atoms with E-state index in [4.69, 9.17) is 0 Å². The third-order valence-corrected chi connectivity index (χ3v) is 2.74. The minimum atomic E-state index is 0.175. The van der Waals surface area contributed by atoms with Gasteiger partial charge >= 0.3 is 0 Å². The van der Waals surface area contributed by atoms with Crippen LogP contribution in [0.2, 0.25) is 0 Å². The Labute approximate surface area is 94.7 Å². The van der Waals surface area contributed by atoms with Gasteiger partial charge in [0.1, 0.15) is 0 Å². The summed E-state index contributed by atoms with van der Waals surface area (Å²) in [6.07, 6.45) is 3.58. The van der Waals surface area contributed by atoms with Crippen LogP contribution >= 0.6 is 0 Å². The lowest BCUT2D eigenvalue weighted by Gasteiger charge is -2.29. The molecule has 0 saturated carbocycles. The highest BCUT2D eigenvalue weighted by Gasteiger charge is 2.23. The summed E-state index contributed by atoms with van der Waals surface area (Å²) in [5.41, 5.74) is 1.95. The van der Waals surface area contributed by atoms with Crippen LogP contribution in [0.1, 0.15) is 46.6 Å². The Morgan fingerprint density at radius 3 is 1.93 bits per heavy atom. The molecule has 0 heterocycles. The van der Waals surface area contributed by atoms with E-state index in [0.29, 0.717) is 5.41 Å². The fraction of sp³-hybridized carbons (Fsp3) is 0.533. The summed E-state index contributed by atoms with van der Waals surface area (Å²) >= 11 is 0. The predicted octanol–water partition coefficient (Wildman–Crippen LogP) is 4.60. The van der Waals surface area contributed by atoms with Crippen molar-refractivity contribution in [2.24, 2.45) is 5.41 Å². The summed E-state index contributed by atoms with van der Waals surface area (Å²) in [5, 5.41) is 0. The maximum atomic E-state index is 2.43. The molecule has 0 aliphatic heterocycles. The zero-order valence-electron chi connectivity index (χ0n) is 10.7. The first-order valence-corrected chi connectivity index (χ1v) is 5.71. The van der Waals surface area contributed by atoms with Crippen LogP contribution in [0.25, 0.3) is 0 Å². The van der Waals surface area contributed by atoms with E-state index < -0.39 is 0 Å². The number of rotatable bonds is 3. The Hall–Kier alpha value is -0.780. The third kappa shape index (κ3) is 4.07. The van der Waals surface area contributed by atoms with Gasteiger partial charge in [-0.3, -0.25) is 0 Å². The molecule has 0 bridgehead atoms. The van der Waals surface area contributed by atoms with E-state index in [1.165, 1.54) is 5.56 Å². The highest BCUT2D eigenvalue weighted by molar-refractivity contribution is 5.26. The summed E-state index contributed by atoms with van der Waals surface area (Å²) in [5.74, 6) is 0. The van der Waals surface area contributed by atoms with Gasteiger partial charge in [0.25, 0.3) is 0 Å². The van der Waals surface area contributed by atoms with E-state index in [0.717, 1.165) is 6.42 Å². The van der Waals surface area contributed by atoms with Crippen molar-refractivity contribution >= 4 is 0 Å². The molecule has 15 heavy (non-hydrogen) atoms. The van der Waals surface area contributed by atoms with Crippen LogP contribution < -0.4 is 0 Å². The van der Waals surface area contributed by atoms with Gasteiger partial charge in [0.15, 0.2) is 0 Å². The lowest BCUT2D eigenvalue weighted by Crippen LogP contribution is -2.21. The molecule has 1 rings (SSSR count). The molecular weight excluding hydrogens is 180 g/mol. The van der Waals surface area contributed by atoms with Crippen molar-refractivity contribution in [2.45, 2.75) is 46.5 Å². The van der Waals surface area contributed by atoms with Crippen LogP contribution in [0.15, 0.2) is 30.3 Å². The van der Waals surface area contributed by atoms with Gasteiger partial charge in [0.2, 0.25) is 0 Å². The molecule has 1 aromatic rings. The lowest BCUT2D eigenvalue weighted by atomic mass is 9.76. The first kappa shape index (κ1) is 12.3. The van der Waals surface area contributed by atoms with Gasteiger partial charge < -0.3 is 0 Å². The van der Waals surface area contributed by atoms with Crippen LogP contribution in [0, 0.1) is 11.8 Å². The first-order valence-electron chi connectivity index (χ1n) is 5.71. The zero-order chi connectivity index (χ0) is 11.5. The molecule has 83 valence electrons. The number of benzene rings is 1. The van der Waals surface area contributed by atoms with Crippen LogP contribution in [-0.2, 0) is 5.41 Å². The van der Waals surface area contributed by atoms with Gasteiger partial charge in [-0.2, -0.15) is 0 Å². The maximum absolute atomic E-state index is 2.43. The molecule has 0 spiro atoms. The molecule has 0 atom stereocenters. The standard InChI is InChI=1S/C15H23/c1-14(2,3)11-12-15(4,5)13-9-7-6-8-10-13/h6-10,12H,11H2,1-5H3. The Morgan fingerprint density at radius 1 is 0.933 bits per heavy atom. The molecule has 0 aliphatic carbocycles. The average molecular weight is 203 g/mol. The molecule has 0 fully saturated rings. The topological polar surface area (TPSA) is 0 Å². The molecule has 0 aliphatic rings. The van der Waals surface area contributed by atoms with Crippen molar-refractivity contribution in [1.29, 1.82) is 0 Å².